The zero-order valence-corrected chi connectivity index (χ0v) is 6.60. The Labute approximate surface area is 66.0 Å². The molecule has 0 bridgehead atoms. The minimum absolute atomic E-state index is 0.282. The van der Waals surface area contributed by atoms with Crippen molar-refractivity contribution >= 4 is 11.6 Å². The van der Waals surface area contributed by atoms with E-state index in [4.69, 9.17) is 11.6 Å². The number of pyridine rings is 1. The SMILES string of the molecule is [CH2][C@H](C)c1ccc(Cl)nc1. The van der Waals surface area contributed by atoms with Gasteiger partial charge in [-0.1, -0.05) is 24.6 Å². The van der Waals surface area contributed by atoms with Gasteiger partial charge in [0.05, 0.1) is 0 Å². The van der Waals surface area contributed by atoms with Crippen LogP contribution in [0.3, 0.4) is 0 Å². The lowest BCUT2D eigenvalue weighted by Crippen LogP contribution is -1.87. The number of hydrogen-bond acceptors (Lipinski definition) is 1. The summed E-state index contributed by atoms with van der Waals surface area (Å²) in [4.78, 5) is 3.93. The summed E-state index contributed by atoms with van der Waals surface area (Å²) < 4.78 is 0. The summed E-state index contributed by atoms with van der Waals surface area (Å²) in [5, 5.41) is 0.532. The molecule has 0 fully saturated rings. The third-order valence-electron chi connectivity index (χ3n) is 1.32. The molecule has 1 nitrogen and oxygen atoms in total. The minimum Gasteiger partial charge on any atom is -0.244 e. The van der Waals surface area contributed by atoms with Crippen molar-refractivity contribution in [3.63, 3.8) is 0 Å². The van der Waals surface area contributed by atoms with Gasteiger partial charge in [-0.25, -0.2) is 4.98 Å². The third kappa shape index (κ3) is 1.71. The van der Waals surface area contributed by atoms with Crippen molar-refractivity contribution in [1.82, 2.24) is 4.98 Å². The predicted octanol–water partition coefficient (Wildman–Crippen LogP) is 2.67. The molecule has 10 heavy (non-hydrogen) atoms. The Kier molecular flexibility index (Phi) is 2.28. The van der Waals surface area contributed by atoms with Crippen molar-refractivity contribution in [1.29, 1.82) is 0 Å². The molecule has 1 atom stereocenters. The molecule has 0 amide bonds. The highest BCUT2D eigenvalue weighted by Gasteiger charge is 1.97. The first-order valence-electron chi connectivity index (χ1n) is 3.14. The largest absolute Gasteiger partial charge is 0.244 e. The molecular formula is C8H9ClN. The van der Waals surface area contributed by atoms with E-state index in [2.05, 4.69) is 11.9 Å². The van der Waals surface area contributed by atoms with E-state index in [1.807, 2.05) is 13.0 Å². The molecule has 0 spiro atoms. The van der Waals surface area contributed by atoms with Crippen molar-refractivity contribution < 1.29 is 0 Å². The van der Waals surface area contributed by atoms with Crippen molar-refractivity contribution in [2.24, 2.45) is 0 Å². The number of nitrogens with zero attached hydrogens (tertiary/aromatic N) is 1. The molecule has 0 aliphatic heterocycles. The highest BCUT2D eigenvalue weighted by molar-refractivity contribution is 6.29. The summed E-state index contributed by atoms with van der Waals surface area (Å²) in [5.74, 6) is 0.282. The van der Waals surface area contributed by atoms with Gasteiger partial charge in [-0.3, -0.25) is 0 Å². The topological polar surface area (TPSA) is 12.9 Å². The minimum atomic E-state index is 0.282. The Morgan fingerprint density at radius 3 is 2.70 bits per heavy atom. The van der Waals surface area contributed by atoms with E-state index in [0.29, 0.717) is 5.15 Å². The Balaban J connectivity index is 2.89. The molecule has 1 aromatic rings. The van der Waals surface area contributed by atoms with Crippen LogP contribution in [-0.4, -0.2) is 4.98 Å². The molecule has 1 radical (unpaired) electrons. The maximum atomic E-state index is 5.58. The van der Waals surface area contributed by atoms with Gasteiger partial charge in [0.1, 0.15) is 5.15 Å². The fourth-order valence-electron chi connectivity index (χ4n) is 0.679. The van der Waals surface area contributed by atoms with Crippen LogP contribution in [0.2, 0.25) is 5.15 Å². The van der Waals surface area contributed by atoms with Crippen LogP contribution in [0.5, 0.6) is 0 Å². The quantitative estimate of drug-likeness (QED) is 0.567. The normalized spacial score (nSPS) is 10.4. The van der Waals surface area contributed by atoms with Gasteiger partial charge in [-0.2, -0.15) is 0 Å². The van der Waals surface area contributed by atoms with E-state index < -0.39 is 0 Å². The molecule has 0 N–H and O–H groups in total. The Morgan fingerprint density at radius 2 is 2.30 bits per heavy atom. The number of halogens is 1. The average Bonchev–Trinajstić information content (AvgIpc) is 1.88. The van der Waals surface area contributed by atoms with Crippen LogP contribution in [0.1, 0.15) is 18.4 Å². The lowest BCUT2D eigenvalue weighted by molar-refractivity contribution is 0.950. The Bertz CT molecular complexity index is 203. The first kappa shape index (κ1) is 7.55. The molecule has 0 saturated heterocycles. The number of hydrogen-bond donors (Lipinski definition) is 0. The van der Waals surface area contributed by atoms with Crippen LogP contribution in [-0.2, 0) is 0 Å². The maximum absolute atomic E-state index is 5.58. The first-order chi connectivity index (χ1) is 4.70. The monoisotopic (exact) mass is 154 g/mol. The van der Waals surface area contributed by atoms with E-state index >= 15 is 0 Å². The van der Waals surface area contributed by atoms with Gasteiger partial charge in [-0.15, -0.1) is 0 Å². The number of aromatic nitrogens is 1. The summed E-state index contributed by atoms with van der Waals surface area (Å²) in [7, 11) is 0. The smallest absolute Gasteiger partial charge is 0.129 e. The van der Waals surface area contributed by atoms with E-state index in [0.717, 1.165) is 5.56 Å². The van der Waals surface area contributed by atoms with Gasteiger partial charge < -0.3 is 0 Å². The standard InChI is InChI=1S/C8H9ClN/c1-6(2)7-3-4-8(9)10-5-7/h3-6H,1H2,2H3/t6-/m1/s1. The summed E-state index contributed by atoms with van der Waals surface area (Å²) in [6, 6.07) is 3.71. The highest BCUT2D eigenvalue weighted by Crippen LogP contribution is 2.13. The second kappa shape index (κ2) is 3.02. The molecule has 0 saturated carbocycles. The third-order valence-corrected chi connectivity index (χ3v) is 1.54. The zero-order valence-electron chi connectivity index (χ0n) is 5.84. The second-order valence-corrected chi connectivity index (χ2v) is 2.70. The lowest BCUT2D eigenvalue weighted by Gasteiger charge is -2.01. The van der Waals surface area contributed by atoms with Gasteiger partial charge in [0.2, 0.25) is 0 Å². The molecule has 1 rings (SSSR count). The molecule has 0 unspecified atom stereocenters. The average molecular weight is 155 g/mol. The van der Waals surface area contributed by atoms with Crippen LogP contribution in [0.15, 0.2) is 18.3 Å². The van der Waals surface area contributed by atoms with Crippen LogP contribution < -0.4 is 0 Å². The van der Waals surface area contributed by atoms with E-state index in [1.54, 1.807) is 12.3 Å². The van der Waals surface area contributed by atoms with Gasteiger partial charge in [0, 0.05) is 6.20 Å². The molecule has 1 heterocycles. The summed E-state index contributed by atoms with van der Waals surface area (Å²) >= 11 is 5.58. The van der Waals surface area contributed by atoms with E-state index in [1.165, 1.54) is 0 Å². The lowest BCUT2D eigenvalue weighted by atomic mass is 10.1. The Hall–Kier alpha value is -0.560. The molecule has 0 aliphatic rings. The summed E-state index contributed by atoms with van der Waals surface area (Å²) in [6.45, 7) is 5.87. The fraction of sp³-hybridized carbons (Fsp3) is 0.250. The zero-order chi connectivity index (χ0) is 7.56. The maximum Gasteiger partial charge on any atom is 0.129 e. The van der Waals surface area contributed by atoms with Crippen molar-refractivity contribution in [3.05, 3.63) is 36.0 Å². The first-order valence-corrected chi connectivity index (χ1v) is 3.52. The second-order valence-electron chi connectivity index (χ2n) is 2.32. The van der Waals surface area contributed by atoms with E-state index in [9.17, 15) is 0 Å². The summed E-state index contributed by atoms with van der Waals surface area (Å²) in [6.07, 6.45) is 1.75. The van der Waals surface area contributed by atoms with Crippen molar-refractivity contribution in [2.75, 3.05) is 0 Å². The summed E-state index contributed by atoms with van der Waals surface area (Å²) in [5.41, 5.74) is 1.12. The molecule has 1 aromatic heterocycles. The van der Waals surface area contributed by atoms with Crippen LogP contribution >= 0.6 is 11.6 Å². The van der Waals surface area contributed by atoms with Crippen LogP contribution in [0.25, 0.3) is 0 Å². The van der Waals surface area contributed by atoms with Gasteiger partial charge in [0.15, 0.2) is 0 Å². The number of rotatable bonds is 1. The van der Waals surface area contributed by atoms with E-state index in [-0.39, 0.29) is 5.92 Å². The highest BCUT2D eigenvalue weighted by atomic mass is 35.5. The molecular weight excluding hydrogens is 146 g/mol. The molecule has 0 aliphatic carbocycles. The fourth-order valence-corrected chi connectivity index (χ4v) is 0.791. The van der Waals surface area contributed by atoms with Crippen molar-refractivity contribution in [2.45, 2.75) is 12.8 Å². The van der Waals surface area contributed by atoms with Crippen LogP contribution in [0, 0.1) is 6.92 Å². The molecule has 53 valence electrons. The predicted molar refractivity (Wildman–Crippen MR) is 43.0 cm³/mol. The molecule has 0 aromatic carbocycles. The van der Waals surface area contributed by atoms with Crippen LogP contribution in [0.4, 0.5) is 0 Å². The van der Waals surface area contributed by atoms with Crippen molar-refractivity contribution in [3.8, 4) is 0 Å². The van der Waals surface area contributed by atoms with Gasteiger partial charge >= 0.3 is 0 Å². The molecule has 2 heteroatoms. The Morgan fingerprint density at radius 1 is 1.60 bits per heavy atom. The van der Waals surface area contributed by atoms with Gasteiger partial charge in [0.25, 0.3) is 0 Å². The van der Waals surface area contributed by atoms with Gasteiger partial charge in [-0.05, 0) is 24.5 Å².